The molecule has 0 spiro atoms. The lowest BCUT2D eigenvalue weighted by Crippen LogP contribution is -2.03. The highest BCUT2D eigenvalue weighted by molar-refractivity contribution is 6.35. The highest BCUT2D eigenvalue weighted by atomic mass is 19.1. The van der Waals surface area contributed by atoms with E-state index in [1.54, 1.807) is 37.5 Å². The summed E-state index contributed by atoms with van der Waals surface area (Å²) in [6.07, 6.45) is 1.74. The SMILES string of the molecule is COc1ccc2c(c1)NC(=O)C2=Cc1ccc(F)cc1. The summed E-state index contributed by atoms with van der Waals surface area (Å²) in [5.74, 6) is 0.220. The Bertz CT molecular complexity index is 705. The van der Waals surface area contributed by atoms with Gasteiger partial charge in [-0.25, -0.2) is 4.39 Å². The number of benzene rings is 2. The van der Waals surface area contributed by atoms with Crippen molar-refractivity contribution in [2.75, 3.05) is 12.4 Å². The molecule has 0 fully saturated rings. The summed E-state index contributed by atoms with van der Waals surface area (Å²) in [5, 5.41) is 2.79. The number of carbonyl (C=O) groups excluding carboxylic acids is 1. The number of rotatable bonds is 2. The van der Waals surface area contributed by atoms with E-state index in [1.807, 2.05) is 6.07 Å². The van der Waals surface area contributed by atoms with Crippen LogP contribution in [0.1, 0.15) is 11.1 Å². The van der Waals surface area contributed by atoms with Crippen LogP contribution in [0.3, 0.4) is 0 Å². The van der Waals surface area contributed by atoms with E-state index in [1.165, 1.54) is 12.1 Å². The van der Waals surface area contributed by atoms with Crippen LogP contribution in [0.5, 0.6) is 5.75 Å². The minimum Gasteiger partial charge on any atom is -0.497 e. The highest BCUT2D eigenvalue weighted by Crippen LogP contribution is 2.35. The number of halogens is 1. The molecule has 4 heteroatoms. The smallest absolute Gasteiger partial charge is 0.256 e. The van der Waals surface area contributed by atoms with Crippen LogP contribution in [-0.2, 0) is 4.79 Å². The third kappa shape index (κ3) is 2.16. The molecule has 1 aliphatic rings. The molecule has 3 nitrogen and oxygen atoms in total. The molecule has 2 aromatic carbocycles. The first-order valence-electron chi connectivity index (χ1n) is 6.14. The van der Waals surface area contributed by atoms with Crippen LogP contribution >= 0.6 is 0 Å². The Labute approximate surface area is 115 Å². The van der Waals surface area contributed by atoms with E-state index in [9.17, 15) is 9.18 Å². The van der Waals surface area contributed by atoms with Gasteiger partial charge >= 0.3 is 0 Å². The standard InChI is InChI=1S/C16H12FNO2/c1-20-12-6-7-13-14(16(19)18-15(13)9-12)8-10-2-4-11(17)5-3-10/h2-9H,1H3,(H,18,19). The Morgan fingerprint density at radius 3 is 2.60 bits per heavy atom. The van der Waals surface area contributed by atoms with Crippen molar-refractivity contribution < 1.29 is 13.9 Å². The number of carbonyl (C=O) groups is 1. The van der Waals surface area contributed by atoms with Crippen molar-refractivity contribution in [1.29, 1.82) is 0 Å². The largest absolute Gasteiger partial charge is 0.497 e. The molecule has 0 unspecified atom stereocenters. The minimum absolute atomic E-state index is 0.169. The lowest BCUT2D eigenvalue weighted by molar-refractivity contribution is -0.110. The van der Waals surface area contributed by atoms with Crippen molar-refractivity contribution in [3.8, 4) is 5.75 Å². The molecule has 1 N–H and O–H groups in total. The molecule has 0 saturated carbocycles. The fraction of sp³-hybridized carbons (Fsp3) is 0.0625. The number of hydrogen-bond donors (Lipinski definition) is 1. The minimum atomic E-state index is -0.298. The number of anilines is 1. The molecule has 0 bridgehead atoms. The molecule has 0 radical (unpaired) electrons. The lowest BCUT2D eigenvalue weighted by atomic mass is 10.0. The van der Waals surface area contributed by atoms with Crippen molar-refractivity contribution in [2.45, 2.75) is 0 Å². The number of fused-ring (bicyclic) bond motifs is 1. The molecule has 0 aromatic heterocycles. The molecule has 1 aliphatic heterocycles. The Balaban J connectivity index is 2.03. The van der Waals surface area contributed by atoms with Crippen LogP contribution in [0.2, 0.25) is 0 Å². The number of nitrogens with one attached hydrogen (secondary N) is 1. The third-order valence-corrected chi connectivity index (χ3v) is 3.19. The normalized spacial score (nSPS) is 15.1. The van der Waals surface area contributed by atoms with Crippen molar-refractivity contribution in [2.24, 2.45) is 0 Å². The molecule has 3 rings (SSSR count). The maximum atomic E-state index is 12.9. The first kappa shape index (κ1) is 12.4. The molecule has 0 saturated heterocycles. The average molecular weight is 269 g/mol. The monoisotopic (exact) mass is 269 g/mol. The first-order chi connectivity index (χ1) is 9.67. The van der Waals surface area contributed by atoms with Gasteiger partial charge in [-0.3, -0.25) is 4.79 Å². The molecule has 2 aromatic rings. The van der Waals surface area contributed by atoms with Gasteiger partial charge in [0.25, 0.3) is 5.91 Å². The average Bonchev–Trinajstić information content (AvgIpc) is 2.76. The first-order valence-corrected chi connectivity index (χ1v) is 6.14. The summed E-state index contributed by atoms with van der Waals surface area (Å²) in [7, 11) is 1.58. The van der Waals surface area contributed by atoms with E-state index in [0.717, 1.165) is 16.8 Å². The maximum Gasteiger partial charge on any atom is 0.256 e. The predicted octanol–water partition coefficient (Wildman–Crippen LogP) is 3.33. The van der Waals surface area contributed by atoms with Crippen molar-refractivity contribution in [1.82, 2.24) is 0 Å². The predicted molar refractivity (Wildman–Crippen MR) is 75.9 cm³/mol. The number of hydrogen-bond acceptors (Lipinski definition) is 2. The molecular formula is C16H12FNO2. The van der Waals surface area contributed by atoms with Crippen LogP contribution in [-0.4, -0.2) is 13.0 Å². The summed E-state index contributed by atoms with van der Waals surface area (Å²) >= 11 is 0. The molecule has 100 valence electrons. The van der Waals surface area contributed by atoms with E-state index in [0.29, 0.717) is 11.3 Å². The van der Waals surface area contributed by atoms with E-state index in [4.69, 9.17) is 4.74 Å². The van der Waals surface area contributed by atoms with E-state index in [-0.39, 0.29) is 11.7 Å². The van der Waals surface area contributed by atoms with E-state index < -0.39 is 0 Å². The Kier molecular flexibility index (Phi) is 2.99. The summed E-state index contributed by atoms with van der Waals surface area (Å²) < 4.78 is 18.0. The Morgan fingerprint density at radius 1 is 1.15 bits per heavy atom. The van der Waals surface area contributed by atoms with Gasteiger partial charge in [0, 0.05) is 17.2 Å². The number of ether oxygens (including phenoxy) is 1. The van der Waals surface area contributed by atoms with Crippen molar-refractivity contribution >= 4 is 23.2 Å². The van der Waals surface area contributed by atoms with Gasteiger partial charge < -0.3 is 10.1 Å². The zero-order valence-electron chi connectivity index (χ0n) is 10.8. The van der Waals surface area contributed by atoms with Crippen LogP contribution in [0, 0.1) is 5.82 Å². The van der Waals surface area contributed by atoms with Crippen LogP contribution in [0.25, 0.3) is 11.6 Å². The summed E-state index contributed by atoms with van der Waals surface area (Å²) in [6, 6.07) is 11.4. The summed E-state index contributed by atoms with van der Waals surface area (Å²) in [4.78, 5) is 12.0. The second kappa shape index (κ2) is 4.81. The second-order valence-electron chi connectivity index (χ2n) is 4.48. The third-order valence-electron chi connectivity index (χ3n) is 3.19. The highest BCUT2D eigenvalue weighted by Gasteiger charge is 2.24. The van der Waals surface area contributed by atoms with Gasteiger partial charge in [0.15, 0.2) is 0 Å². The van der Waals surface area contributed by atoms with Gasteiger partial charge in [-0.2, -0.15) is 0 Å². The van der Waals surface area contributed by atoms with Crippen LogP contribution in [0.4, 0.5) is 10.1 Å². The lowest BCUT2D eigenvalue weighted by Gasteiger charge is -2.02. The zero-order chi connectivity index (χ0) is 14.1. The van der Waals surface area contributed by atoms with Gasteiger partial charge in [-0.05, 0) is 35.9 Å². The Morgan fingerprint density at radius 2 is 1.90 bits per heavy atom. The van der Waals surface area contributed by atoms with Gasteiger partial charge in [0.05, 0.1) is 12.8 Å². The fourth-order valence-electron chi connectivity index (χ4n) is 2.17. The van der Waals surface area contributed by atoms with E-state index >= 15 is 0 Å². The van der Waals surface area contributed by atoms with Crippen molar-refractivity contribution in [3.63, 3.8) is 0 Å². The molecule has 0 atom stereocenters. The topological polar surface area (TPSA) is 38.3 Å². The Hall–Kier alpha value is -2.62. The number of methoxy groups -OCH3 is 1. The summed E-state index contributed by atoms with van der Waals surface area (Å²) in [6.45, 7) is 0. The molecule has 1 heterocycles. The van der Waals surface area contributed by atoms with Gasteiger partial charge in [-0.1, -0.05) is 12.1 Å². The van der Waals surface area contributed by atoms with Gasteiger partial charge in [0.2, 0.25) is 0 Å². The van der Waals surface area contributed by atoms with E-state index in [2.05, 4.69) is 5.32 Å². The molecule has 20 heavy (non-hydrogen) atoms. The fourth-order valence-corrected chi connectivity index (χ4v) is 2.17. The van der Waals surface area contributed by atoms with Gasteiger partial charge in [0.1, 0.15) is 11.6 Å². The second-order valence-corrected chi connectivity index (χ2v) is 4.48. The quantitative estimate of drug-likeness (QED) is 0.849. The molecular weight excluding hydrogens is 257 g/mol. The maximum absolute atomic E-state index is 12.9. The molecule has 0 aliphatic carbocycles. The van der Waals surface area contributed by atoms with Crippen LogP contribution < -0.4 is 10.1 Å². The zero-order valence-corrected chi connectivity index (χ0v) is 10.8. The van der Waals surface area contributed by atoms with Crippen LogP contribution in [0.15, 0.2) is 42.5 Å². The molecule has 1 amide bonds. The van der Waals surface area contributed by atoms with Gasteiger partial charge in [-0.15, -0.1) is 0 Å². The summed E-state index contributed by atoms with van der Waals surface area (Å²) in [5.41, 5.74) is 2.89. The van der Waals surface area contributed by atoms with Crippen molar-refractivity contribution in [3.05, 3.63) is 59.4 Å². The number of amides is 1.